The lowest BCUT2D eigenvalue weighted by molar-refractivity contribution is 0.964. The highest BCUT2D eigenvalue weighted by Gasteiger charge is 2.14. The van der Waals surface area contributed by atoms with Crippen LogP contribution in [0.2, 0.25) is 5.28 Å². The smallest absolute Gasteiger partial charge is 0.224 e. The van der Waals surface area contributed by atoms with Gasteiger partial charge >= 0.3 is 0 Å². The van der Waals surface area contributed by atoms with Gasteiger partial charge in [-0.25, -0.2) is 4.98 Å². The number of para-hydroxylation sites is 1. The maximum Gasteiger partial charge on any atom is 0.224 e. The summed E-state index contributed by atoms with van der Waals surface area (Å²) in [4.78, 5) is 10.4. The normalized spacial score (nSPS) is 10.4. The average molecular weight is 327 g/mol. The standard InChI is InChI=1S/C13H13BrClN3/c1-3-18(11-7-5-4-6-9(11)2)12-10(14)8-16-13(15)17-12/h4-8H,3H2,1-2H3. The molecule has 0 N–H and O–H groups in total. The molecule has 0 aliphatic rings. The number of hydrogen-bond donors (Lipinski definition) is 0. The predicted molar refractivity (Wildman–Crippen MR) is 78.6 cm³/mol. The van der Waals surface area contributed by atoms with Crippen LogP contribution < -0.4 is 4.90 Å². The molecule has 0 radical (unpaired) electrons. The molecule has 94 valence electrons. The van der Waals surface area contributed by atoms with E-state index in [0.29, 0.717) is 0 Å². The Morgan fingerprint density at radius 3 is 2.72 bits per heavy atom. The summed E-state index contributed by atoms with van der Waals surface area (Å²) >= 11 is 9.34. The van der Waals surface area contributed by atoms with Gasteiger partial charge in [-0.05, 0) is 53.0 Å². The Bertz CT molecular complexity index is 560. The minimum atomic E-state index is 0.250. The van der Waals surface area contributed by atoms with Crippen molar-refractivity contribution in [2.45, 2.75) is 13.8 Å². The average Bonchev–Trinajstić information content (AvgIpc) is 2.36. The van der Waals surface area contributed by atoms with Crippen molar-refractivity contribution in [1.29, 1.82) is 0 Å². The Morgan fingerprint density at radius 2 is 2.06 bits per heavy atom. The third-order valence-electron chi connectivity index (χ3n) is 2.67. The first kappa shape index (κ1) is 13.3. The number of halogens is 2. The van der Waals surface area contributed by atoms with E-state index in [9.17, 15) is 0 Å². The van der Waals surface area contributed by atoms with Gasteiger partial charge in [0.2, 0.25) is 5.28 Å². The van der Waals surface area contributed by atoms with Crippen LogP contribution in [0, 0.1) is 6.92 Å². The van der Waals surface area contributed by atoms with Gasteiger partial charge in [0.1, 0.15) is 0 Å². The van der Waals surface area contributed by atoms with Gasteiger partial charge in [0.25, 0.3) is 0 Å². The molecule has 0 aliphatic carbocycles. The Balaban J connectivity index is 2.52. The van der Waals surface area contributed by atoms with Crippen molar-refractivity contribution in [2.24, 2.45) is 0 Å². The number of benzene rings is 1. The number of nitrogens with zero attached hydrogens (tertiary/aromatic N) is 3. The number of rotatable bonds is 3. The number of hydrogen-bond acceptors (Lipinski definition) is 3. The van der Waals surface area contributed by atoms with Crippen LogP contribution >= 0.6 is 27.5 Å². The van der Waals surface area contributed by atoms with E-state index in [1.807, 2.05) is 12.1 Å². The maximum absolute atomic E-state index is 5.88. The zero-order valence-electron chi connectivity index (χ0n) is 10.2. The first-order valence-electron chi connectivity index (χ1n) is 5.64. The van der Waals surface area contributed by atoms with Crippen molar-refractivity contribution < 1.29 is 0 Å². The molecule has 2 rings (SSSR count). The molecule has 3 nitrogen and oxygen atoms in total. The molecule has 0 saturated heterocycles. The third-order valence-corrected chi connectivity index (χ3v) is 3.42. The van der Waals surface area contributed by atoms with E-state index in [1.165, 1.54) is 5.56 Å². The lowest BCUT2D eigenvalue weighted by atomic mass is 10.2. The van der Waals surface area contributed by atoms with Crippen LogP contribution in [0.4, 0.5) is 11.5 Å². The zero-order valence-corrected chi connectivity index (χ0v) is 12.5. The molecule has 18 heavy (non-hydrogen) atoms. The Labute approximate surface area is 120 Å². The summed E-state index contributed by atoms with van der Waals surface area (Å²) < 4.78 is 0.831. The van der Waals surface area contributed by atoms with Crippen LogP contribution in [0.25, 0.3) is 0 Å². The van der Waals surface area contributed by atoms with Gasteiger partial charge in [-0.1, -0.05) is 18.2 Å². The van der Waals surface area contributed by atoms with Gasteiger partial charge in [-0.2, -0.15) is 4.98 Å². The fourth-order valence-electron chi connectivity index (χ4n) is 1.83. The van der Waals surface area contributed by atoms with Crippen LogP contribution in [0.15, 0.2) is 34.9 Å². The SMILES string of the molecule is CCN(c1ccccc1C)c1nc(Cl)ncc1Br. The van der Waals surface area contributed by atoms with Crippen molar-refractivity contribution >= 4 is 39.0 Å². The molecule has 0 aliphatic heterocycles. The van der Waals surface area contributed by atoms with Gasteiger partial charge in [0.15, 0.2) is 5.82 Å². The summed E-state index contributed by atoms with van der Waals surface area (Å²) in [6.45, 7) is 4.96. The second-order valence-electron chi connectivity index (χ2n) is 3.84. The minimum Gasteiger partial charge on any atom is -0.325 e. The second-order valence-corrected chi connectivity index (χ2v) is 5.03. The van der Waals surface area contributed by atoms with Crippen molar-refractivity contribution in [3.05, 3.63) is 45.8 Å². The topological polar surface area (TPSA) is 29.0 Å². The molecule has 5 heteroatoms. The zero-order chi connectivity index (χ0) is 13.1. The molecule has 2 aromatic rings. The molecular formula is C13H13BrClN3. The summed E-state index contributed by atoms with van der Waals surface area (Å²) in [7, 11) is 0. The van der Waals surface area contributed by atoms with Crippen LogP contribution in [0.1, 0.15) is 12.5 Å². The molecule has 0 fully saturated rings. The molecule has 0 atom stereocenters. The van der Waals surface area contributed by atoms with E-state index in [2.05, 4.69) is 56.8 Å². The highest BCUT2D eigenvalue weighted by molar-refractivity contribution is 9.10. The summed E-state index contributed by atoms with van der Waals surface area (Å²) in [5, 5.41) is 0.250. The monoisotopic (exact) mass is 325 g/mol. The fraction of sp³-hybridized carbons (Fsp3) is 0.231. The van der Waals surface area contributed by atoms with Crippen molar-refractivity contribution in [2.75, 3.05) is 11.4 Å². The summed E-state index contributed by atoms with van der Waals surface area (Å²) in [6, 6.07) is 8.19. The van der Waals surface area contributed by atoms with Crippen LogP contribution in [0.3, 0.4) is 0 Å². The summed E-state index contributed by atoms with van der Waals surface area (Å²) in [6.07, 6.45) is 1.67. The second kappa shape index (κ2) is 5.67. The number of aromatic nitrogens is 2. The molecule has 0 spiro atoms. The molecule has 1 aromatic heterocycles. The predicted octanol–water partition coefficient (Wildman–Crippen LogP) is 4.36. The van der Waals surface area contributed by atoms with Crippen LogP contribution in [-0.4, -0.2) is 16.5 Å². The molecular weight excluding hydrogens is 314 g/mol. The highest BCUT2D eigenvalue weighted by atomic mass is 79.9. The molecule has 0 unspecified atom stereocenters. The number of anilines is 2. The van der Waals surface area contributed by atoms with E-state index >= 15 is 0 Å². The lowest BCUT2D eigenvalue weighted by Crippen LogP contribution is -2.19. The van der Waals surface area contributed by atoms with Gasteiger partial charge in [-0.15, -0.1) is 0 Å². The molecule has 0 saturated carbocycles. The molecule has 0 bridgehead atoms. The largest absolute Gasteiger partial charge is 0.325 e. The fourth-order valence-corrected chi connectivity index (χ4v) is 2.36. The Hall–Kier alpha value is -1.13. The van der Waals surface area contributed by atoms with Crippen LogP contribution in [-0.2, 0) is 0 Å². The minimum absolute atomic E-state index is 0.250. The molecule has 0 amide bonds. The van der Waals surface area contributed by atoms with Gasteiger partial charge in [0.05, 0.1) is 4.47 Å². The maximum atomic E-state index is 5.88. The molecule has 1 aromatic carbocycles. The van der Waals surface area contributed by atoms with Crippen molar-refractivity contribution in [1.82, 2.24) is 9.97 Å². The quantitative estimate of drug-likeness (QED) is 0.785. The summed E-state index contributed by atoms with van der Waals surface area (Å²) in [5.74, 6) is 0.784. The van der Waals surface area contributed by atoms with E-state index in [0.717, 1.165) is 22.5 Å². The van der Waals surface area contributed by atoms with Gasteiger partial charge < -0.3 is 4.90 Å². The van der Waals surface area contributed by atoms with Crippen molar-refractivity contribution in [3.8, 4) is 0 Å². The first-order valence-corrected chi connectivity index (χ1v) is 6.81. The summed E-state index contributed by atoms with van der Waals surface area (Å²) in [5.41, 5.74) is 2.32. The number of aryl methyl sites for hydroxylation is 1. The van der Waals surface area contributed by atoms with E-state index in [4.69, 9.17) is 11.6 Å². The molecule has 1 heterocycles. The Morgan fingerprint density at radius 1 is 1.33 bits per heavy atom. The van der Waals surface area contributed by atoms with E-state index < -0.39 is 0 Å². The highest BCUT2D eigenvalue weighted by Crippen LogP contribution is 2.32. The first-order chi connectivity index (χ1) is 8.63. The van der Waals surface area contributed by atoms with E-state index in [-0.39, 0.29) is 5.28 Å². The Kier molecular flexibility index (Phi) is 4.19. The van der Waals surface area contributed by atoms with Crippen LogP contribution in [0.5, 0.6) is 0 Å². The lowest BCUT2D eigenvalue weighted by Gasteiger charge is -2.24. The van der Waals surface area contributed by atoms with Gasteiger partial charge in [0, 0.05) is 18.4 Å². The van der Waals surface area contributed by atoms with Crippen molar-refractivity contribution in [3.63, 3.8) is 0 Å². The van der Waals surface area contributed by atoms with Gasteiger partial charge in [-0.3, -0.25) is 0 Å². The van der Waals surface area contributed by atoms with E-state index in [1.54, 1.807) is 6.20 Å². The third kappa shape index (κ3) is 2.65.